The van der Waals surface area contributed by atoms with Gasteiger partial charge in [0.05, 0.1) is 23.2 Å². The van der Waals surface area contributed by atoms with Crippen LogP contribution in [0, 0.1) is 6.92 Å². The lowest BCUT2D eigenvalue weighted by Gasteiger charge is -2.28. The molecular formula is C21H27N3O4S. The van der Waals surface area contributed by atoms with Crippen LogP contribution in [0.1, 0.15) is 36.7 Å². The second kappa shape index (κ2) is 9.09. The van der Waals surface area contributed by atoms with Gasteiger partial charge in [0, 0.05) is 6.04 Å². The third-order valence-electron chi connectivity index (χ3n) is 4.19. The van der Waals surface area contributed by atoms with Crippen molar-refractivity contribution in [2.24, 2.45) is 0 Å². The predicted molar refractivity (Wildman–Crippen MR) is 116 cm³/mol. The Bertz CT molecular complexity index is 1000. The van der Waals surface area contributed by atoms with Crippen molar-refractivity contribution in [3.63, 3.8) is 0 Å². The van der Waals surface area contributed by atoms with Gasteiger partial charge >= 0.3 is 0 Å². The van der Waals surface area contributed by atoms with E-state index in [1.165, 1.54) is 6.92 Å². The Balaban J connectivity index is 2.33. The summed E-state index contributed by atoms with van der Waals surface area (Å²) in [5.74, 6) is -0.857. The van der Waals surface area contributed by atoms with Crippen LogP contribution in [-0.4, -0.2) is 38.6 Å². The number of aryl methyl sites for hydroxylation is 1. The zero-order valence-electron chi connectivity index (χ0n) is 17.3. The van der Waals surface area contributed by atoms with Gasteiger partial charge in [-0.15, -0.1) is 0 Å². The minimum atomic E-state index is -3.72. The van der Waals surface area contributed by atoms with Crippen molar-refractivity contribution >= 4 is 33.2 Å². The minimum Gasteiger partial charge on any atom is -0.350 e. The Morgan fingerprint density at radius 1 is 1.00 bits per heavy atom. The highest BCUT2D eigenvalue weighted by Gasteiger charge is 2.29. The summed E-state index contributed by atoms with van der Waals surface area (Å²) >= 11 is 0. The van der Waals surface area contributed by atoms with Crippen LogP contribution in [0.15, 0.2) is 48.5 Å². The van der Waals surface area contributed by atoms with Crippen molar-refractivity contribution in [2.75, 3.05) is 15.9 Å². The summed E-state index contributed by atoms with van der Waals surface area (Å²) in [6.45, 7) is 7.04. The SMILES string of the molecule is Cc1cccc(N([C@@H](C)C(=O)Nc2ccccc2C(=O)NC(C)C)S(C)(=O)=O)c1. The van der Waals surface area contributed by atoms with Gasteiger partial charge < -0.3 is 10.6 Å². The van der Waals surface area contributed by atoms with Crippen molar-refractivity contribution in [2.45, 2.75) is 39.8 Å². The van der Waals surface area contributed by atoms with E-state index in [1.54, 1.807) is 42.5 Å². The molecule has 0 aliphatic heterocycles. The number of carbonyl (C=O) groups excluding carboxylic acids is 2. The van der Waals surface area contributed by atoms with Gasteiger partial charge in [0.25, 0.3) is 5.91 Å². The fourth-order valence-electron chi connectivity index (χ4n) is 2.94. The molecule has 1 atom stereocenters. The summed E-state index contributed by atoms with van der Waals surface area (Å²) in [5, 5.41) is 5.48. The molecule has 0 aliphatic rings. The lowest BCUT2D eigenvalue weighted by Crippen LogP contribution is -2.45. The number of anilines is 2. The summed E-state index contributed by atoms with van der Waals surface area (Å²) in [4.78, 5) is 25.3. The molecule has 0 aromatic heterocycles. The van der Waals surface area contributed by atoms with Crippen molar-refractivity contribution in [1.82, 2.24) is 5.32 Å². The molecule has 8 heteroatoms. The molecule has 0 heterocycles. The van der Waals surface area contributed by atoms with Crippen LogP contribution in [-0.2, 0) is 14.8 Å². The molecule has 0 bridgehead atoms. The molecule has 0 radical (unpaired) electrons. The van der Waals surface area contributed by atoms with E-state index in [2.05, 4.69) is 10.6 Å². The van der Waals surface area contributed by atoms with E-state index in [0.29, 0.717) is 16.9 Å². The number of para-hydroxylation sites is 1. The fraction of sp³-hybridized carbons (Fsp3) is 0.333. The zero-order valence-corrected chi connectivity index (χ0v) is 18.1. The third kappa shape index (κ3) is 5.80. The third-order valence-corrected chi connectivity index (χ3v) is 5.44. The molecule has 0 unspecified atom stereocenters. The lowest BCUT2D eigenvalue weighted by atomic mass is 10.1. The number of hydrogen-bond acceptors (Lipinski definition) is 4. The number of sulfonamides is 1. The number of amides is 2. The Kier molecular flexibility index (Phi) is 7.02. The number of nitrogens with one attached hydrogen (secondary N) is 2. The molecular weight excluding hydrogens is 390 g/mol. The van der Waals surface area contributed by atoms with Gasteiger partial charge in [0.2, 0.25) is 15.9 Å². The summed E-state index contributed by atoms with van der Waals surface area (Å²) in [5.41, 5.74) is 1.91. The van der Waals surface area contributed by atoms with Gasteiger partial charge in [-0.1, -0.05) is 24.3 Å². The first kappa shape index (κ1) is 22.4. The average Bonchev–Trinajstić information content (AvgIpc) is 2.60. The van der Waals surface area contributed by atoms with Gasteiger partial charge in [-0.25, -0.2) is 8.42 Å². The molecule has 2 amide bonds. The van der Waals surface area contributed by atoms with Crippen molar-refractivity contribution in [3.05, 3.63) is 59.7 Å². The van der Waals surface area contributed by atoms with Crippen LogP contribution in [0.2, 0.25) is 0 Å². The highest BCUT2D eigenvalue weighted by Crippen LogP contribution is 2.23. The number of hydrogen-bond donors (Lipinski definition) is 2. The number of rotatable bonds is 7. The molecule has 2 aromatic carbocycles. The van der Waals surface area contributed by atoms with E-state index in [-0.39, 0.29) is 11.9 Å². The average molecular weight is 418 g/mol. The lowest BCUT2D eigenvalue weighted by molar-refractivity contribution is -0.116. The van der Waals surface area contributed by atoms with Gasteiger partial charge in [-0.05, 0) is 57.5 Å². The zero-order chi connectivity index (χ0) is 21.8. The molecule has 2 rings (SSSR count). The van der Waals surface area contributed by atoms with Crippen LogP contribution in [0.5, 0.6) is 0 Å². The van der Waals surface area contributed by atoms with Crippen LogP contribution in [0.4, 0.5) is 11.4 Å². The summed E-state index contributed by atoms with van der Waals surface area (Å²) in [7, 11) is -3.72. The summed E-state index contributed by atoms with van der Waals surface area (Å²) < 4.78 is 25.9. The van der Waals surface area contributed by atoms with Crippen LogP contribution < -0.4 is 14.9 Å². The molecule has 0 saturated carbocycles. The van der Waals surface area contributed by atoms with E-state index in [1.807, 2.05) is 26.8 Å². The van der Waals surface area contributed by atoms with Gasteiger partial charge in [0.1, 0.15) is 6.04 Å². The van der Waals surface area contributed by atoms with Crippen LogP contribution >= 0.6 is 0 Å². The predicted octanol–water partition coefficient (Wildman–Crippen LogP) is 2.93. The minimum absolute atomic E-state index is 0.0628. The first-order chi connectivity index (χ1) is 13.5. The molecule has 2 N–H and O–H groups in total. The molecule has 29 heavy (non-hydrogen) atoms. The van der Waals surface area contributed by atoms with Crippen molar-refractivity contribution in [3.8, 4) is 0 Å². The first-order valence-electron chi connectivity index (χ1n) is 9.27. The molecule has 0 saturated heterocycles. The summed E-state index contributed by atoms with van der Waals surface area (Å²) in [6.07, 6.45) is 1.06. The molecule has 156 valence electrons. The molecule has 0 fully saturated rings. The number of carbonyl (C=O) groups is 2. The van der Waals surface area contributed by atoms with E-state index in [4.69, 9.17) is 0 Å². The van der Waals surface area contributed by atoms with Gasteiger partial charge in [-0.3, -0.25) is 13.9 Å². The highest BCUT2D eigenvalue weighted by atomic mass is 32.2. The maximum atomic E-state index is 12.9. The maximum Gasteiger partial charge on any atom is 0.253 e. The smallest absolute Gasteiger partial charge is 0.253 e. The molecule has 7 nitrogen and oxygen atoms in total. The Hall–Kier alpha value is -2.87. The molecule has 0 aliphatic carbocycles. The number of nitrogens with zero attached hydrogens (tertiary/aromatic N) is 1. The van der Waals surface area contributed by atoms with E-state index in [9.17, 15) is 18.0 Å². The van der Waals surface area contributed by atoms with Crippen molar-refractivity contribution < 1.29 is 18.0 Å². The van der Waals surface area contributed by atoms with E-state index >= 15 is 0 Å². The highest BCUT2D eigenvalue weighted by molar-refractivity contribution is 7.92. The first-order valence-corrected chi connectivity index (χ1v) is 11.1. The Morgan fingerprint density at radius 2 is 1.66 bits per heavy atom. The van der Waals surface area contributed by atoms with Gasteiger partial charge in [0.15, 0.2) is 0 Å². The molecule has 2 aromatic rings. The molecule has 0 spiro atoms. The second-order valence-corrected chi connectivity index (χ2v) is 9.10. The fourth-order valence-corrected chi connectivity index (χ4v) is 4.11. The normalized spacial score (nSPS) is 12.3. The van der Waals surface area contributed by atoms with Crippen LogP contribution in [0.25, 0.3) is 0 Å². The summed E-state index contributed by atoms with van der Waals surface area (Å²) in [6, 6.07) is 12.4. The standard InChI is InChI=1S/C21H27N3O4S/c1-14(2)22-21(26)18-11-6-7-12-19(18)23-20(25)16(4)24(29(5,27)28)17-10-8-9-15(3)13-17/h6-14,16H,1-5H3,(H,22,26)(H,23,25)/t16-/m0/s1. The van der Waals surface area contributed by atoms with Crippen LogP contribution in [0.3, 0.4) is 0 Å². The monoisotopic (exact) mass is 417 g/mol. The topological polar surface area (TPSA) is 95.6 Å². The van der Waals surface area contributed by atoms with Gasteiger partial charge in [-0.2, -0.15) is 0 Å². The Labute approximate surface area is 172 Å². The maximum absolute atomic E-state index is 12.9. The Morgan fingerprint density at radius 3 is 2.24 bits per heavy atom. The van der Waals surface area contributed by atoms with Crippen molar-refractivity contribution in [1.29, 1.82) is 0 Å². The second-order valence-electron chi connectivity index (χ2n) is 7.24. The number of benzene rings is 2. The quantitative estimate of drug-likeness (QED) is 0.724. The van der Waals surface area contributed by atoms with E-state index < -0.39 is 22.0 Å². The largest absolute Gasteiger partial charge is 0.350 e. The van der Waals surface area contributed by atoms with E-state index in [0.717, 1.165) is 16.1 Å².